The Morgan fingerprint density at radius 1 is 1.67 bits per heavy atom. The molecule has 0 aliphatic carbocycles. The highest BCUT2D eigenvalue weighted by Gasteiger charge is 1.96. The molecule has 1 nitrogen and oxygen atoms in total. The Balaban J connectivity index is 2.63. The zero-order valence-electron chi connectivity index (χ0n) is 3.20. The Morgan fingerprint density at radius 2 is 2.17 bits per heavy atom. The van der Waals surface area contributed by atoms with Crippen molar-refractivity contribution in [2.75, 3.05) is 0 Å². The predicted molar refractivity (Wildman–Crippen MR) is 19.1 cm³/mol. The highest BCUT2D eigenvalue weighted by Crippen LogP contribution is 1.96. The summed E-state index contributed by atoms with van der Waals surface area (Å²) in [6.07, 6.45) is -2.59. The number of halogens is 2. The van der Waals surface area contributed by atoms with E-state index < -0.39 is 6.43 Å². The Bertz CT molecular complexity index is 30.0. The summed E-state index contributed by atoms with van der Waals surface area (Å²) in [5.41, 5.74) is 4.62. The van der Waals surface area contributed by atoms with Crippen molar-refractivity contribution < 1.29 is 8.78 Å². The van der Waals surface area contributed by atoms with Crippen LogP contribution in [0, 0.1) is 6.54 Å². The molecule has 0 spiro atoms. The summed E-state index contributed by atoms with van der Waals surface area (Å²) in [5.74, 6) is 0. The average molecular weight is 94.1 g/mol. The van der Waals surface area contributed by atoms with Gasteiger partial charge in [-0.3, -0.25) is 0 Å². The van der Waals surface area contributed by atoms with Gasteiger partial charge in [-0.1, -0.05) is 0 Å². The normalized spacial score (nSPS) is 10.0. The first-order chi connectivity index (χ1) is 2.77. The molecule has 1 radical (unpaired) electrons. The maximum Gasteiger partial charge on any atom is 0.240 e. The Kier molecular flexibility index (Phi) is 2.94. The first kappa shape index (κ1) is 5.82. The van der Waals surface area contributed by atoms with Crippen LogP contribution in [-0.4, -0.2) is 6.43 Å². The average Bonchev–Trinajstić information content (AvgIpc) is 1.35. The van der Waals surface area contributed by atoms with E-state index in [1.165, 1.54) is 0 Å². The van der Waals surface area contributed by atoms with Crippen molar-refractivity contribution in [3.63, 3.8) is 0 Å². The fourth-order valence-corrected chi connectivity index (χ4v) is 0.103. The fraction of sp³-hybridized carbons (Fsp3) is 0.667. The zero-order valence-corrected chi connectivity index (χ0v) is 3.20. The monoisotopic (exact) mass is 94.0 g/mol. The van der Waals surface area contributed by atoms with E-state index >= 15 is 0 Å². The minimum atomic E-state index is -2.28. The molecule has 0 rings (SSSR count). The SMILES string of the molecule is N[CH]CC(F)F. The molecule has 6 heavy (non-hydrogen) atoms. The minimum absolute atomic E-state index is 0.306. The lowest BCUT2D eigenvalue weighted by molar-refractivity contribution is 0.147. The van der Waals surface area contributed by atoms with Crippen molar-refractivity contribution in [1.29, 1.82) is 0 Å². The number of nitrogens with two attached hydrogens (primary N) is 1. The summed E-state index contributed by atoms with van der Waals surface area (Å²) in [5, 5.41) is 0. The van der Waals surface area contributed by atoms with Crippen LogP contribution in [0.5, 0.6) is 0 Å². The van der Waals surface area contributed by atoms with Crippen molar-refractivity contribution in [2.24, 2.45) is 5.73 Å². The molecule has 0 saturated heterocycles. The molecule has 0 aromatic rings. The van der Waals surface area contributed by atoms with E-state index in [-0.39, 0.29) is 6.42 Å². The van der Waals surface area contributed by atoms with Crippen LogP contribution in [0.1, 0.15) is 6.42 Å². The smallest absolute Gasteiger partial charge is 0.240 e. The van der Waals surface area contributed by atoms with Crippen molar-refractivity contribution >= 4 is 0 Å². The molecule has 0 fully saturated rings. The lowest BCUT2D eigenvalue weighted by Gasteiger charge is -1.87. The van der Waals surface area contributed by atoms with Gasteiger partial charge >= 0.3 is 0 Å². The quantitative estimate of drug-likeness (QED) is 0.537. The largest absolute Gasteiger partial charge is 0.326 e. The standard InChI is InChI=1S/C3H6F2N/c4-3(5)1-2-6/h2-3H,1,6H2. The van der Waals surface area contributed by atoms with Gasteiger partial charge in [0.15, 0.2) is 0 Å². The fourth-order valence-electron chi connectivity index (χ4n) is 0.103. The second kappa shape index (κ2) is 3.03. The van der Waals surface area contributed by atoms with Crippen LogP contribution in [0.4, 0.5) is 8.78 Å². The Labute approximate surface area is 35.1 Å². The van der Waals surface area contributed by atoms with E-state index in [1.54, 1.807) is 0 Å². The van der Waals surface area contributed by atoms with Crippen molar-refractivity contribution in [1.82, 2.24) is 0 Å². The van der Waals surface area contributed by atoms with Gasteiger partial charge in [-0.25, -0.2) is 8.78 Å². The Morgan fingerprint density at radius 3 is 2.17 bits per heavy atom. The first-order valence-corrected chi connectivity index (χ1v) is 1.59. The van der Waals surface area contributed by atoms with E-state index in [1.807, 2.05) is 0 Å². The first-order valence-electron chi connectivity index (χ1n) is 1.59. The van der Waals surface area contributed by atoms with Crippen LogP contribution in [0.2, 0.25) is 0 Å². The summed E-state index contributed by atoms with van der Waals surface area (Å²) in [7, 11) is 0. The zero-order chi connectivity index (χ0) is 4.99. The number of hydrogen-bond acceptors (Lipinski definition) is 1. The van der Waals surface area contributed by atoms with E-state index in [0.717, 1.165) is 6.54 Å². The summed E-state index contributed by atoms with van der Waals surface area (Å²) in [4.78, 5) is 0. The lowest BCUT2D eigenvalue weighted by Crippen LogP contribution is -1.96. The topological polar surface area (TPSA) is 26.0 Å². The molecule has 0 aromatic carbocycles. The van der Waals surface area contributed by atoms with E-state index in [4.69, 9.17) is 0 Å². The van der Waals surface area contributed by atoms with Gasteiger partial charge < -0.3 is 5.73 Å². The lowest BCUT2D eigenvalue weighted by atomic mass is 10.5. The molecule has 0 aliphatic rings. The molecule has 0 amide bonds. The van der Waals surface area contributed by atoms with Gasteiger partial charge in [0.25, 0.3) is 0 Å². The maximum atomic E-state index is 10.9. The van der Waals surface area contributed by atoms with Gasteiger partial charge in [-0.05, 0) is 0 Å². The highest BCUT2D eigenvalue weighted by molar-refractivity contribution is 4.53. The molecule has 0 heterocycles. The van der Waals surface area contributed by atoms with Gasteiger partial charge in [0.2, 0.25) is 6.43 Å². The molecule has 37 valence electrons. The maximum absolute atomic E-state index is 10.9. The van der Waals surface area contributed by atoms with Crippen LogP contribution in [0.25, 0.3) is 0 Å². The molecular formula is C3H6F2N. The minimum Gasteiger partial charge on any atom is -0.326 e. The third kappa shape index (κ3) is 3.82. The van der Waals surface area contributed by atoms with Crippen molar-refractivity contribution in [3.8, 4) is 0 Å². The van der Waals surface area contributed by atoms with Crippen LogP contribution in [0.3, 0.4) is 0 Å². The summed E-state index contributed by atoms with van der Waals surface area (Å²) in [6, 6.07) is 0. The molecule has 0 unspecified atom stereocenters. The third-order valence-electron chi connectivity index (χ3n) is 0.314. The molecule has 0 bridgehead atoms. The van der Waals surface area contributed by atoms with Crippen molar-refractivity contribution in [3.05, 3.63) is 6.54 Å². The predicted octanol–water partition coefficient (Wildman–Crippen LogP) is 0.762. The van der Waals surface area contributed by atoms with Crippen molar-refractivity contribution in [2.45, 2.75) is 12.8 Å². The molecule has 0 aliphatic heterocycles. The molecule has 0 saturated carbocycles. The molecular weight excluding hydrogens is 88.0 g/mol. The third-order valence-corrected chi connectivity index (χ3v) is 0.314. The van der Waals surface area contributed by atoms with Crippen LogP contribution < -0.4 is 5.73 Å². The summed E-state index contributed by atoms with van der Waals surface area (Å²) < 4.78 is 21.8. The number of hydrogen-bond donors (Lipinski definition) is 1. The van der Waals surface area contributed by atoms with E-state index in [2.05, 4.69) is 5.73 Å². The molecule has 0 aromatic heterocycles. The van der Waals surface area contributed by atoms with Gasteiger partial charge in [-0.2, -0.15) is 0 Å². The van der Waals surface area contributed by atoms with Crippen LogP contribution in [0.15, 0.2) is 0 Å². The summed E-state index contributed by atoms with van der Waals surface area (Å²) >= 11 is 0. The van der Waals surface area contributed by atoms with E-state index in [9.17, 15) is 8.78 Å². The van der Waals surface area contributed by atoms with Gasteiger partial charge in [0, 0.05) is 13.0 Å². The van der Waals surface area contributed by atoms with E-state index in [0.29, 0.717) is 0 Å². The van der Waals surface area contributed by atoms with Gasteiger partial charge in [-0.15, -0.1) is 0 Å². The molecule has 2 N–H and O–H groups in total. The van der Waals surface area contributed by atoms with Crippen LogP contribution >= 0.6 is 0 Å². The Hall–Kier alpha value is -0.180. The number of alkyl halides is 2. The second-order valence-electron chi connectivity index (χ2n) is 0.862. The molecule has 3 heteroatoms. The van der Waals surface area contributed by atoms with Gasteiger partial charge in [0.05, 0.1) is 0 Å². The second-order valence-corrected chi connectivity index (χ2v) is 0.862. The summed E-state index contributed by atoms with van der Waals surface area (Å²) in [6.45, 7) is 0.949. The molecule has 0 atom stereocenters. The number of rotatable bonds is 2. The highest BCUT2D eigenvalue weighted by atomic mass is 19.3. The van der Waals surface area contributed by atoms with Gasteiger partial charge in [0.1, 0.15) is 0 Å². The van der Waals surface area contributed by atoms with Crippen LogP contribution in [-0.2, 0) is 0 Å².